The molecule has 30 heavy (non-hydrogen) atoms. The van der Waals surface area contributed by atoms with E-state index >= 15 is 0 Å². The number of rotatable bonds is 5. The molecule has 0 saturated carbocycles. The van der Waals surface area contributed by atoms with Crippen LogP contribution in [0.2, 0.25) is 0 Å². The molecular weight excluding hydrogens is 376 g/mol. The molecule has 0 aliphatic carbocycles. The minimum absolute atomic E-state index is 0.213. The minimum Gasteiger partial charge on any atom is -0.353 e. The first kappa shape index (κ1) is 20.3. The van der Waals surface area contributed by atoms with Crippen LogP contribution in [0.15, 0.2) is 48.7 Å². The Morgan fingerprint density at radius 2 is 1.63 bits per heavy atom. The Labute approximate surface area is 178 Å². The fourth-order valence-electron chi connectivity index (χ4n) is 4.08. The predicted molar refractivity (Wildman–Crippen MR) is 116 cm³/mol. The van der Waals surface area contributed by atoms with Crippen molar-refractivity contribution in [2.24, 2.45) is 0 Å². The second kappa shape index (κ2) is 9.70. The molecule has 2 aromatic rings. The lowest BCUT2D eigenvalue weighted by Crippen LogP contribution is -2.53. The first-order valence-electron chi connectivity index (χ1n) is 10.6. The monoisotopic (exact) mass is 404 g/mol. The van der Waals surface area contributed by atoms with Crippen LogP contribution in [-0.2, 0) is 11.3 Å². The molecule has 156 valence electrons. The highest BCUT2D eigenvalue weighted by Crippen LogP contribution is 2.15. The summed E-state index contributed by atoms with van der Waals surface area (Å²) in [5.74, 6) is 1.03. The summed E-state index contributed by atoms with van der Waals surface area (Å²) in [6.07, 6.45) is 1.67. The summed E-state index contributed by atoms with van der Waals surface area (Å²) in [5.41, 5.74) is 1.96. The smallest absolute Gasteiger partial charge is 0.236 e. The van der Waals surface area contributed by atoms with Gasteiger partial charge in [-0.05, 0) is 17.7 Å². The first-order valence-corrected chi connectivity index (χ1v) is 10.6. The Bertz CT molecular complexity index is 880. The number of benzene rings is 1. The fourth-order valence-corrected chi connectivity index (χ4v) is 4.08. The van der Waals surface area contributed by atoms with Crippen LogP contribution in [0.1, 0.15) is 11.1 Å². The van der Waals surface area contributed by atoms with Gasteiger partial charge in [0.2, 0.25) is 5.91 Å². The molecule has 4 rings (SSSR count). The normalized spacial score (nSPS) is 18.2. The van der Waals surface area contributed by atoms with Crippen molar-refractivity contribution < 1.29 is 4.79 Å². The molecule has 3 heterocycles. The fraction of sp³-hybridized carbons (Fsp3) is 0.435. The Balaban J connectivity index is 1.20. The lowest BCUT2D eigenvalue weighted by atomic mass is 10.2. The standard InChI is InChI=1S/C23H28N6O/c24-17-21-6-7-25-22(16-21)28-12-14-29(15-13-28)23(30)19-27-10-8-26(9-11-27)18-20-4-2-1-3-5-20/h1-7,16H,8-15,18-19H2. The number of amides is 1. The summed E-state index contributed by atoms with van der Waals surface area (Å²) in [6.45, 7) is 8.24. The summed E-state index contributed by atoms with van der Waals surface area (Å²) in [5, 5.41) is 9.06. The van der Waals surface area contributed by atoms with Gasteiger partial charge in [-0.2, -0.15) is 5.26 Å². The Kier molecular flexibility index (Phi) is 6.57. The molecule has 1 amide bonds. The van der Waals surface area contributed by atoms with Crippen molar-refractivity contribution >= 4 is 11.7 Å². The summed E-state index contributed by atoms with van der Waals surface area (Å²) in [6, 6.07) is 16.2. The van der Waals surface area contributed by atoms with E-state index in [0.717, 1.165) is 51.6 Å². The van der Waals surface area contributed by atoms with Gasteiger partial charge in [0, 0.05) is 65.1 Å². The summed E-state index contributed by atoms with van der Waals surface area (Å²) in [4.78, 5) is 26.0. The van der Waals surface area contributed by atoms with Gasteiger partial charge in [0.15, 0.2) is 0 Å². The van der Waals surface area contributed by atoms with E-state index in [1.54, 1.807) is 12.3 Å². The van der Waals surface area contributed by atoms with Crippen LogP contribution in [0.3, 0.4) is 0 Å². The van der Waals surface area contributed by atoms with Gasteiger partial charge >= 0.3 is 0 Å². The van der Waals surface area contributed by atoms with Crippen molar-refractivity contribution in [1.29, 1.82) is 5.26 Å². The quantitative estimate of drug-likeness (QED) is 0.751. The van der Waals surface area contributed by atoms with Gasteiger partial charge in [-0.3, -0.25) is 14.6 Å². The first-order chi connectivity index (χ1) is 14.7. The van der Waals surface area contributed by atoms with E-state index in [2.05, 4.69) is 50.0 Å². The molecule has 0 bridgehead atoms. The Hall–Kier alpha value is -2.95. The van der Waals surface area contributed by atoms with E-state index in [4.69, 9.17) is 5.26 Å². The molecule has 1 aromatic heterocycles. The van der Waals surface area contributed by atoms with Gasteiger partial charge in [-0.25, -0.2) is 4.98 Å². The Morgan fingerprint density at radius 1 is 0.933 bits per heavy atom. The van der Waals surface area contributed by atoms with Crippen molar-refractivity contribution in [3.8, 4) is 6.07 Å². The van der Waals surface area contributed by atoms with E-state index in [-0.39, 0.29) is 5.91 Å². The number of hydrogen-bond donors (Lipinski definition) is 0. The van der Waals surface area contributed by atoms with E-state index < -0.39 is 0 Å². The topological polar surface area (TPSA) is 66.7 Å². The molecule has 0 unspecified atom stereocenters. The third kappa shape index (κ3) is 5.15. The van der Waals surface area contributed by atoms with Crippen LogP contribution in [0, 0.1) is 11.3 Å². The van der Waals surface area contributed by atoms with Crippen LogP contribution in [0.25, 0.3) is 0 Å². The van der Waals surface area contributed by atoms with E-state index in [1.807, 2.05) is 17.0 Å². The SMILES string of the molecule is N#Cc1ccnc(N2CCN(C(=O)CN3CCN(Cc4ccccc4)CC3)CC2)c1. The van der Waals surface area contributed by atoms with Gasteiger partial charge in [0.25, 0.3) is 0 Å². The third-order valence-corrected chi connectivity index (χ3v) is 5.90. The molecule has 2 aliphatic rings. The van der Waals surface area contributed by atoms with Gasteiger partial charge in [-0.15, -0.1) is 0 Å². The number of pyridine rings is 1. The zero-order valence-corrected chi connectivity index (χ0v) is 17.3. The molecule has 0 spiro atoms. The number of anilines is 1. The molecule has 7 heteroatoms. The van der Waals surface area contributed by atoms with Gasteiger partial charge < -0.3 is 9.80 Å². The highest BCUT2D eigenvalue weighted by molar-refractivity contribution is 5.78. The highest BCUT2D eigenvalue weighted by atomic mass is 16.2. The van der Waals surface area contributed by atoms with Crippen molar-refractivity contribution in [3.05, 3.63) is 59.8 Å². The number of nitrogens with zero attached hydrogens (tertiary/aromatic N) is 6. The Morgan fingerprint density at radius 3 is 2.33 bits per heavy atom. The summed E-state index contributed by atoms with van der Waals surface area (Å²) >= 11 is 0. The van der Waals surface area contributed by atoms with E-state index in [1.165, 1.54) is 5.56 Å². The molecular formula is C23H28N6O. The number of carbonyl (C=O) groups is 1. The average Bonchev–Trinajstić information content (AvgIpc) is 2.81. The van der Waals surface area contributed by atoms with Crippen LogP contribution < -0.4 is 4.90 Å². The molecule has 0 radical (unpaired) electrons. The van der Waals surface area contributed by atoms with Crippen LogP contribution in [0.5, 0.6) is 0 Å². The number of hydrogen-bond acceptors (Lipinski definition) is 6. The lowest BCUT2D eigenvalue weighted by molar-refractivity contribution is -0.133. The van der Waals surface area contributed by atoms with E-state index in [9.17, 15) is 4.79 Å². The molecule has 0 N–H and O–H groups in total. The number of nitriles is 1. The second-order valence-electron chi connectivity index (χ2n) is 7.92. The molecule has 2 saturated heterocycles. The molecule has 0 atom stereocenters. The molecule has 2 aliphatic heterocycles. The van der Waals surface area contributed by atoms with Crippen LogP contribution in [0.4, 0.5) is 5.82 Å². The zero-order chi connectivity index (χ0) is 20.8. The maximum Gasteiger partial charge on any atom is 0.236 e. The molecule has 2 fully saturated rings. The van der Waals surface area contributed by atoms with Crippen LogP contribution in [-0.4, -0.2) is 84.5 Å². The van der Waals surface area contributed by atoms with Crippen molar-refractivity contribution in [2.75, 3.05) is 63.8 Å². The molecule has 1 aromatic carbocycles. The number of aromatic nitrogens is 1. The maximum absolute atomic E-state index is 12.8. The third-order valence-electron chi connectivity index (χ3n) is 5.90. The minimum atomic E-state index is 0.213. The van der Waals surface area contributed by atoms with Crippen molar-refractivity contribution in [3.63, 3.8) is 0 Å². The van der Waals surface area contributed by atoms with Crippen molar-refractivity contribution in [1.82, 2.24) is 19.7 Å². The maximum atomic E-state index is 12.8. The zero-order valence-electron chi connectivity index (χ0n) is 17.3. The number of piperazine rings is 2. The van der Waals surface area contributed by atoms with Gasteiger partial charge in [-0.1, -0.05) is 30.3 Å². The second-order valence-corrected chi connectivity index (χ2v) is 7.92. The summed E-state index contributed by atoms with van der Waals surface area (Å²) < 4.78 is 0. The average molecular weight is 405 g/mol. The van der Waals surface area contributed by atoms with Gasteiger partial charge in [0.1, 0.15) is 5.82 Å². The van der Waals surface area contributed by atoms with Crippen LogP contribution >= 0.6 is 0 Å². The highest BCUT2D eigenvalue weighted by Gasteiger charge is 2.25. The predicted octanol–water partition coefficient (Wildman–Crippen LogP) is 1.42. The summed E-state index contributed by atoms with van der Waals surface area (Å²) in [7, 11) is 0. The lowest BCUT2D eigenvalue weighted by Gasteiger charge is -2.38. The number of carbonyl (C=O) groups excluding carboxylic acids is 1. The molecule has 7 nitrogen and oxygen atoms in total. The van der Waals surface area contributed by atoms with E-state index in [0.29, 0.717) is 25.2 Å². The largest absolute Gasteiger partial charge is 0.353 e. The van der Waals surface area contributed by atoms with Crippen molar-refractivity contribution in [2.45, 2.75) is 6.54 Å². The van der Waals surface area contributed by atoms with Gasteiger partial charge in [0.05, 0.1) is 18.2 Å².